The average Bonchev–Trinajstić information content (AvgIpc) is 2.85. The summed E-state index contributed by atoms with van der Waals surface area (Å²) in [6, 6.07) is 4.68. The summed E-state index contributed by atoms with van der Waals surface area (Å²) in [7, 11) is -3.85. The van der Waals surface area contributed by atoms with Crippen molar-refractivity contribution in [3.05, 3.63) is 40.3 Å². The smallest absolute Gasteiger partial charge is 0.279 e. The van der Waals surface area contributed by atoms with E-state index >= 15 is 0 Å². The van der Waals surface area contributed by atoms with Crippen molar-refractivity contribution in [3.8, 4) is 0 Å². The predicted molar refractivity (Wildman–Crippen MR) is 80.8 cm³/mol. The van der Waals surface area contributed by atoms with Crippen LogP contribution >= 0.6 is 15.9 Å². The molecule has 0 unspecified atom stereocenters. The van der Waals surface area contributed by atoms with Gasteiger partial charge in [0.25, 0.3) is 10.0 Å². The number of aromatic amines is 1. The Morgan fingerprint density at radius 2 is 2.24 bits per heavy atom. The molecule has 2 aromatic rings. The van der Waals surface area contributed by atoms with Crippen molar-refractivity contribution in [1.29, 1.82) is 0 Å². The molecule has 10 heteroatoms. The number of aromatic nitrogens is 2. The number of H-pyrrole nitrogens is 1. The van der Waals surface area contributed by atoms with Crippen LogP contribution in [0.25, 0.3) is 0 Å². The minimum Gasteiger partial charge on any atom is -0.409 e. The highest BCUT2D eigenvalue weighted by atomic mass is 79.9. The number of hydrogen-bond donors (Lipinski definition) is 4. The standard InChI is InChI=1S/C11H12BrN5O3S/c1-6-14-5-10(15-6)21(19,20)17-9-4-7(12)2-3-8(9)11(13)16-18/h2-5,17-18H,1H3,(H2,13,16)(H,14,15). The normalized spacial score (nSPS) is 12.4. The number of imidazole rings is 1. The maximum Gasteiger partial charge on any atom is 0.279 e. The number of nitrogens with two attached hydrogens (primary N) is 1. The van der Waals surface area contributed by atoms with E-state index in [0.29, 0.717) is 10.3 Å². The van der Waals surface area contributed by atoms with Crippen molar-refractivity contribution in [2.45, 2.75) is 11.9 Å². The highest BCUT2D eigenvalue weighted by molar-refractivity contribution is 9.10. The van der Waals surface area contributed by atoms with Gasteiger partial charge in [-0.2, -0.15) is 8.42 Å². The molecule has 0 aliphatic heterocycles. The van der Waals surface area contributed by atoms with Crippen LogP contribution in [0.3, 0.4) is 0 Å². The molecule has 5 N–H and O–H groups in total. The number of rotatable bonds is 4. The third-order valence-electron chi connectivity index (χ3n) is 2.58. The molecule has 112 valence electrons. The molecule has 8 nitrogen and oxygen atoms in total. The quantitative estimate of drug-likeness (QED) is 0.278. The van der Waals surface area contributed by atoms with Crippen molar-refractivity contribution < 1.29 is 13.6 Å². The summed E-state index contributed by atoms with van der Waals surface area (Å²) in [6.45, 7) is 1.64. The van der Waals surface area contributed by atoms with Crippen LogP contribution in [0.5, 0.6) is 0 Å². The molecule has 0 fully saturated rings. The summed E-state index contributed by atoms with van der Waals surface area (Å²) in [5, 5.41) is 11.6. The second kappa shape index (κ2) is 5.74. The Kier molecular flexibility index (Phi) is 4.19. The van der Waals surface area contributed by atoms with E-state index in [9.17, 15) is 8.42 Å². The predicted octanol–water partition coefficient (Wildman–Crippen LogP) is 1.38. The Morgan fingerprint density at radius 3 is 2.81 bits per heavy atom. The molecular weight excluding hydrogens is 362 g/mol. The number of amidine groups is 1. The first-order valence-corrected chi connectivity index (χ1v) is 7.93. The molecule has 1 heterocycles. The average molecular weight is 374 g/mol. The van der Waals surface area contributed by atoms with Crippen LogP contribution in [0.2, 0.25) is 0 Å². The van der Waals surface area contributed by atoms with Gasteiger partial charge in [-0.1, -0.05) is 21.1 Å². The summed E-state index contributed by atoms with van der Waals surface area (Å²) < 4.78 is 27.5. The van der Waals surface area contributed by atoms with Gasteiger partial charge in [0.15, 0.2) is 10.9 Å². The number of halogens is 1. The molecule has 0 atom stereocenters. The Balaban J connectivity index is 2.46. The Hall–Kier alpha value is -2.07. The minimum absolute atomic E-state index is 0.0783. The lowest BCUT2D eigenvalue weighted by atomic mass is 10.2. The summed E-state index contributed by atoms with van der Waals surface area (Å²) in [6.07, 6.45) is 1.21. The molecule has 0 amide bonds. The molecule has 0 bridgehead atoms. The zero-order valence-corrected chi connectivity index (χ0v) is 13.2. The molecule has 0 radical (unpaired) electrons. The Bertz CT molecular complexity index is 800. The highest BCUT2D eigenvalue weighted by Crippen LogP contribution is 2.24. The van der Waals surface area contributed by atoms with Crippen LogP contribution in [0.15, 0.2) is 39.1 Å². The van der Waals surface area contributed by atoms with Gasteiger partial charge in [-0.15, -0.1) is 0 Å². The number of hydrogen-bond acceptors (Lipinski definition) is 5. The highest BCUT2D eigenvalue weighted by Gasteiger charge is 2.19. The van der Waals surface area contributed by atoms with Crippen molar-refractivity contribution in [1.82, 2.24) is 9.97 Å². The van der Waals surface area contributed by atoms with Crippen LogP contribution < -0.4 is 10.5 Å². The maximum atomic E-state index is 12.2. The number of sulfonamides is 1. The molecule has 21 heavy (non-hydrogen) atoms. The number of aryl methyl sites for hydroxylation is 1. The number of anilines is 1. The Morgan fingerprint density at radius 1 is 1.52 bits per heavy atom. The fraction of sp³-hybridized carbons (Fsp3) is 0.0909. The molecule has 0 aliphatic rings. The van der Waals surface area contributed by atoms with E-state index in [1.54, 1.807) is 13.0 Å². The van der Waals surface area contributed by atoms with Crippen LogP contribution in [-0.2, 0) is 10.0 Å². The minimum atomic E-state index is -3.85. The molecule has 0 saturated carbocycles. The van der Waals surface area contributed by atoms with Crippen LogP contribution in [0.4, 0.5) is 5.69 Å². The second-order valence-electron chi connectivity index (χ2n) is 4.11. The van der Waals surface area contributed by atoms with Crippen LogP contribution in [-0.4, -0.2) is 29.4 Å². The summed E-state index contributed by atoms with van der Waals surface area (Å²) in [4.78, 5) is 6.47. The first-order valence-electron chi connectivity index (χ1n) is 5.65. The molecule has 0 saturated heterocycles. The zero-order chi connectivity index (χ0) is 15.6. The second-order valence-corrected chi connectivity index (χ2v) is 6.68. The molecule has 0 spiro atoms. The Labute approximate surface area is 129 Å². The van der Waals surface area contributed by atoms with E-state index in [1.165, 1.54) is 18.3 Å². The molecule has 0 aliphatic carbocycles. The van der Waals surface area contributed by atoms with E-state index in [1.807, 2.05) is 0 Å². The number of benzene rings is 1. The van der Waals surface area contributed by atoms with Gasteiger partial charge in [0.1, 0.15) is 5.82 Å². The number of nitrogens with zero attached hydrogens (tertiary/aromatic N) is 2. The van der Waals surface area contributed by atoms with E-state index in [4.69, 9.17) is 10.9 Å². The van der Waals surface area contributed by atoms with Gasteiger partial charge in [-0.25, -0.2) is 4.98 Å². The maximum absolute atomic E-state index is 12.2. The van der Waals surface area contributed by atoms with Crippen molar-refractivity contribution in [2.75, 3.05) is 4.72 Å². The molecule has 1 aromatic heterocycles. The van der Waals surface area contributed by atoms with Crippen LogP contribution in [0, 0.1) is 6.92 Å². The van der Waals surface area contributed by atoms with Crippen molar-refractivity contribution in [2.24, 2.45) is 10.9 Å². The first-order chi connectivity index (χ1) is 9.83. The van der Waals surface area contributed by atoms with Gasteiger partial charge in [0.05, 0.1) is 11.9 Å². The van der Waals surface area contributed by atoms with Gasteiger partial charge in [0, 0.05) is 10.0 Å². The van der Waals surface area contributed by atoms with E-state index in [0.717, 1.165) is 0 Å². The summed E-state index contributed by atoms with van der Waals surface area (Å²) in [5.41, 5.74) is 5.96. The van der Waals surface area contributed by atoms with Crippen LogP contribution in [0.1, 0.15) is 11.4 Å². The fourth-order valence-corrected chi connectivity index (χ4v) is 3.02. The first kappa shape index (κ1) is 15.3. The number of nitrogens with one attached hydrogen (secondary N) is 2. The lowest BCUT2D eigenvalue weighted by Gasteiger charge is -2.11. The van der Waals surface area contributed by atoms with Gasteiger partial charge in [0.2, 0.25) is 0 Å². The topological polar surface area (TPSA) is 133 Å². The summed E-state index contributed by atoms with van der Waals surface area (Å²) in [5.74, 6) is 0.266. The van der Waals surface area contributed by atoms with Gasteiger partial charge in [-0.3, -0.25) is 4.72 Å². The largest absolute Gasteiger partial charge is 0.409 e. The molecule has 1 aromatic carbocycles. The fourth-order valence-electron chi connectivity index (χ4n) is 1.61. The lowest BCUT2D eigenvalue weighted by molar-refractivity contribution is 0.318. The molecule has 2 rings (SSSR count). The third kappa shape index (κ3) is 3.34. The van der Waals surface area contributed by atoms with Gasteiger partial charge < -0.3 is 15.9 Å². The zero-order valence-electron chi connectivity index (χ0n) is 10.8. The third-order valence-corrected chi connectivity index (χ3v) is 4.35. The lowest BCUT2D eigenvalue weighted by Crippen LogP contribution is -2.19. The van der Waals surface area contributed by atoms with Crippen molar-refractivity contribution >= 4 is 37.5 Å². The van der Waals surface area contributed by atoms with E-state index in [2.05, 4.69) is 35.8 Å². The monoisotopic (exact) mass is 373 g/mol. The number of oxime groups is 1. The van der Waals surface area contributed by atoms with Gasteiger partial charge >= 0.3 is 0 Å². The SMILES string of the molecule is Cc1ncc(S(=O)(=O)Nc2cc(Br)ccc2/C(N)=N/O)[nH]1. The van der Waals surface area contributed by atoms with E-state index < -0.39 is 10.0 Å². The van der Waals surface area contributed by atoms with E-state index in [-0.39, 0.29) is 22.1 Å². The molecular formula is C11H12BrN5O3S. The van der Waals surface area contributed by atoms with Crippen molar-refractivity contribution in [3.63, 3.8) is 0 Å². The van der Waals surface area contributed by atoms with Gasteiger partial charge in [-0.05, 0) is 25.1 Å². The summed E-state index contributed by atoms with van der Waals surface area (Å²) >= 11 is 3.24.